The first-order valence-electron chi connectivity index (χ1n) is 8.74. The third-order valence-corrected chi connectivity index (χ3v) is 5.04. The first-order chi connectivity index (χ1) is 12.3. The molecule has 6 nitrogen and oxygen atoms in total. The van der Waals surface area contributed by atoms with Crippen LogP contribution in [0.1, 0.15) is 65.6 Å². The van der Waals surface area contributed by atoms with Crippen LogP contribution in [0.25, 0.3) is 0 Å². The number of hydrogen-bond acceptors (Lipinski definition) is 6. The molecule has 0 aliphatic heterocycles. The van der Waals surface area contributed by atoms with Crippen LogP contribution in [0.2, 0.25) is 0 Å². The molecule has 0 radical (unpaired) electrons. The van der Waals surface area contributed by atoms with E-state index in [0.717, 1.165) is 30.2 Å². The van der Waals surface area contributed by atoms with Crippen molar-refractivity contribution in [1.82, 2.24) is 15.1 Å². The van der Waals surface area contributed by atoms with Crippen LogP contribution in [0.4, 0.5) is 0 Å². The number of nitrogens with zero attached hydrogens (tertiary/aromatic N) is 3. The van der Waals surface area contributed by atoms with E-state index in [4.69, 9.17) is 13.7 Å². The minimum Gasteiger partial charge on any atom is -0.496 e. The quantitative estimate of drug-likeness (QED) is 0.708. The summed E-state index contributed by atoms with van der Waals surface area (Å²) < 4.78 is 16.9. The molecule has 1 unspecified atom stereocenters. The van der Waals surface area contributed by atoms with Gasteiger partial charge in [-0.25, -0.2) is 4.98 Å². The third kappa shape index (κ3) is 2.62. The maximum Gasteiger partial charge on any atom is 0.234 e. The number of aryl methyl sites for hydroxylation is 1. The Morgan fingerprint density at radius 1 is 1.20 bits per heavy atom. The topological polar surface area (TPSA) is 74.2 Å². The number of fused-ring (bicyclic) bond motifs is 1. The van der Waals surface area contributed by atoms with E-state index >= 15 is 0 Å². The summed E-state index contributed by atoms with van der Waals surface area (Å²) in [5, 5.41) is 4.14. The van der Waals surface area contributed by atoms with Gasteiger partial charge in [0.2, 0.25) is 5.89 Å². The molecule has 0 amide bonds. The molecule has 128 valence electrons. The molecule has 2 aliphatic rings. The molecule has 2 heterocycles. The van der Waals surface area contributed by atoms with Crippen LogP contribution in [0.15, 0.2) is 33.3 Å². The van der Waals surface area contributed by atoms with E-state index in [2.05, 4.69) is 21.2 Å². The standard InChI is InChI=1S/C19H19N3O3/c1-23-15-4-2-3-11-7-8-14(17(11)15)19-21-16(22-25-19)9-13-10-20-18(24-13)12-5-6-12/h2-4,10,12,14H,5-9H2,1H3. The Labute approximate surface area is 145 Å². The molecule has 3 aromatic rings. The van der Waals surface area contributed by atoms with Gasteiger partial charge in [-0.15, -0.1) is 0 Å². The highest BCUT2D eigenvalue weighted by atomic mass is 16.5. The summed E-state index contributed by atoms with van der Waals surface area (Å²) in [4.78, 5) is 8.95. The van der Waals surface area contributed by atoms with Crippen LogP contribution in [-0.2, 0) is 12.8 Å². The molecule has 1 saturated carbocycles. The lowest BCUT2D eigenvalue weighted by Crippen LogP contribution is -2.00. The average molecular weight is 337 g/mol. The fourth-order valence-electron chi connectivity index (χ4n) is 3.63. The first kappa shape index (κ1) is 14.7. The highest BCUT2D eigenvalue weighted by Crippen LogP contribution is 2.43. The second kappa shape index (κ2) is 5.72. The van der Waals surface area contributed by atoms with Crippen molar-refractivity contribution in [2.24, 2.45) is 0 Å². The van der Waals surface area contributed by atoms with E-state index in [1.807, 2.05) is 12.1 Å². The highest BCUT2D eigenvalue weighted by molar-refractivity contribution is 5.48. The van der Waals surface area contributed by atoms with E-state index < -0.39 is 0 Å². The van der Waals surface area contributed by atoms with Gasteiger partial charge in [-0.2, -0.15) is 4.98 Å². The highest BCUT2D eigenvalue weighted by Gasteiger charge is 2.32. The molecule has 2 aromatic heterocycles. The Morgan fingerprint density at radius 3 is 2.96 bits per heavy atom. The van der Waals surface area contributed by atoms with Crippen LogP contribution in [0.5, 0.6) is 5.75 Å². The number of rotatable bonds is 5. The molecule has 0 spiro atoms. The molecular weight excluding hydrogens is 318 g/mol. The third-order valence-electron chi connectivity index (χ3n) is 5.04. The van der Waals surface area contributed by atoms with Gasteiger partial charge in [0.15, 0.2) is 11.7 Å². The van der Waals surface area contributed by atoms with Gasteiger partial charge >= 0.3 is 0 Å². The molecule has 2 aliphatic carbocycles. The molecule has 5 rings (SSSR count). The fraction of sp³-hybridized carbons (Fsp3) is 0.421. The van der Waals surface area contributed by atoms with Crippen molar-refractivity contribution in [1.29, 1.82) is 0 Å². The predicted molar refractivity (Wildman–Crippen MR) is 88.7 cm³/mol. The van der Waals surface area contributed by atoms with Crippen LogP contribution in [0, 0.1) is 0 Å². The Kier molecular flexibility index (Phi) is 3.36. The number of methoxy groups -OCH3 is 1. The molecular formula is C19H19N3O3. The van der Waals surface area contributed by atoms with Gasteiger partial charge in [0.25, 0.3) is 0 Å². The summed E-state index contributed by atoms with van der Waals surface area (Å²) in [7, 11) is 1.70. The van der Waals surface area contributed by atoms with Crippen LogP contribution < -0.4 is 4.74 Å². The van der Waals surface area contributed by atoms with Crippen molar-refractivity contribution in [2.45, 2.75) is 43.9 Å². The van der Waals surface area contributed by atoms with Gasteiger partial charge in [-0.1, -0.05) is 17.3 Å². The lowest BCUT2D eigenvalue weighted by molar-refractivity contribution is 0.354. The van der Waals surface area contributed by atoms with E-state index in [0.29, 0.717) is 24.1 Å². The summed E-state index contributed by atoms with van der Waals surface area (Å²) in [5.41, 5.74) is 2.48. The first-order valence-corrected chi connectivity index (χ1v) is 8.74. The Morgan fingerprint density at radius 2 is 2.12 bits per heavy atom. The molecule has 25 heavy (non-hydrogen) atoms. The Balaban J connectivity index is 1.38. The number of oxazole rings is 1. The summed E-state index contributed by atoms with van der Waals surface area (Å²) >= 11 is 0. The molecule has 1 fully saturated rings. The largest absolute Gasteiger partial charge is 0.496 e. The SMILES string of the molecule is COc1cccc2c1C(c1nc(Cc3cnc(C4CC4)o3)no1)CC2. The van der Waals surface area contributed by atoms with Crippen molar-refractivity contribution in [3.05, 3.63) is 58.9 Å². The fourth-order valence-corrected chi connectivity index (χ4v) is 3.63. The van der Waals surface area contributed by atoms with E-state index in [-0.39, 0.29) is 5.92 Å². The monoisotopic (exact) mass is 337 g/mol. The molecule has 0 N–H and O–H groups in total. The van der Waals surface area contributed by atoms with Crippen molar-refractivity contribution in [3.8, 4) is 5.75 Å². The van der Waals surface area contributed by atoms with Gasteiger partial charge in [0, 0.05) is 11.5 Å². The van der Waals surface area contributed by atoms with Gasteiger partial charge in [-0.05, 0) is 37.3 Å². The average Bonchev–Trinajstić information content (AvgIpc) is 3.04. The molecule has 1 aromatic carbocycles. The van der Waals surface area contributed by atoms with Crippen molar-refractivity contribution in [2.75, 3.05) is 7.11 Å². The van der Waals surface area contributed by atoms with Crippen molar-refractivity contribution in [3.63, 3.8) is 0 Å². The summed E-state index contributed by atoms with van der Waals surface area (Å²) in [6.07, 6.45) is 6.60. The maximum absolute atomic E-state index is 5.79. The number of benzene rings is 1. The molecule has 1 atom stereocenters. The summed E-state index contributed by atoms with van der Waals surface area (Å²) in [6.45, 7) is 0. The zero-order valence-electron chi connectivity index (χ0n) is 14.1. The Hall–Kier alpha value is -2.63. The van der Waals surface area contributed by atoms with Crippen LogP contribution >= 0.6 is 0 Å². The molecule has 0 saturated heterocycles. The second-order valence-electron chi connectivity index (χ2n) is 6.79. The van der Waals surface area contributed by atoms with E-state index in [9.17, 15) is 0 Å². The van der Waals surface area contributed by atoms with Crippen molar-refractivity contribution >= 4 is 0 Å². The lowest BCUT2D eigenvalue weighted by atomic mass is 10.00. The van der Waals surface area contributed by atoms with Crippen molar-refractivity contribution < 1.29 is 13.7 Å². The summed E-state index contributed by atoms with van der Waals surface area (Å²) in [5.74, 6) is 4.43. The minimum atomic E-state index is 0.101. The minimum absolute atomic E-state index is 0.101. The van der Waals surface area contributed by atoms with Gasteiger partial charge in [-0.3, -0.25) is 0 Å². The van der Waals surface area contributed by atoms with E-state index in [1.54, 1.807) is 13.3 Å². The lowest BCUT2D eigenvalue weighted by Gasteiger charge is -2.11. The van der Waals surface area contributed by atoms with Crippen LogP contribution in [-0.4, -0.2) is 22.2 Å². The smallest absolute Gasteiger partial charge is 0.234 e. The number of ether oxygens (including phenoxy) is 1. The molecule has 0 bridgehead atoms. The zero-order valence-corrected chi connectivity index (χ0v) is 14.1. The van der Waals surface area contributed by atoms with Gasteiger partial charge < -0.3 is 13.7 Å². The predicted octanol–water partition coefficient (Wildman–Crippen LogP) is 3.61. The number of aromatic nitrogens is 3. The number of hydrogen-bond donors (Lipinski definition) is 0. The normalized spacial score (nSPS) is 19.2. The van der Waals surface area contributed by atoms with E-state index in [1.165, 1.54) is 24.0 Å². The van der Waals surface area contributed by atoms with Gasteiger partial charge in [0.05, 0.1) is 25.6 Å². The zero-order chi connectivity index (χ0) is 16.8. The second-order valence-corrected chi connectivity index (χ2v) is 6.79. The van der Waals surface area contributed by atoms with Gasteiger partial charge in [0.1, 0.15) is 11.5 Å². The maximum atomic E-state index is 5.79. The summed E-state index contributed by atoms with van der Waals surface area (Å²) in [6, 6.07) is 6.16. The van der Waals surface area contributed by atoms with Crippen LogP contribution in [0.3, 0.4) is 0 Å². The Bertz CT molecular complexity index is 910. The molecule has 6 heteroatoms.